The number of nitrogens with zero attached hydrogens (tertiary/aromatic N) is 3. The number of hydrogen-bond donors (Lipinski definition) is 1. The van der Waals surface area contributed by atoms with Crippen LogP contribution in [-0.2, 0) is 16.6 Å². The predicted octanol–water partition coefficient (Wildman–Crippen LogP) is 2.21. The second-order valence-corrected chi connectivity index (χ2v) is 6.35. The van der Waals surface area contributed by atoms with Crippen LogP contribution in [0, 0.1) is 31.1 Å². The molecule has 0 saturated heterocycles. The van der Waals surface area contributed by atoms with E-state index in [2.05, 4.69) is 10.4 Å². The Kier molecular flexibility index (Phi) is 5.91. The Morgan fingerprint density at radius 3 is 2.54 bits per heavy atom. The van der Waals surface area contributed by atoms with Gasteiger partial charge in [-0.05, 0) is 38.8 Å². The summed E-state index contributed by atoms with van der Waals surface area (Å²) in [6.07, 6.45) is 8.12. The summed E-state index contributed by atoms with van der Waals surface area (Å²) in [7, 11) is 1.83. The van der Waals surface area contributed by atoms with E-state index in [0.29, 0.717) is 0 Å². The number of aryl methyl sites for hydroxylation is 2. The minimum Gasteiger partial charge on any atom is -0.352 e. The van der Waals surface area contributed by atoms with Crippen molar-refractivity contribution in [3.63, 3.8) is 0 Å². The average molecular weight is 328 g/mol. The van der Waals surface area contributed by atoms with Crippen LogP contribution in [-0.4, -0.2) is 27.5 Å². The molecule has 1 amide bonds. The van der Waals surface area contributed by atoms with Gasteiger partial charge in [0.25, 0.3) is 0 Å². The molecule has 1 aromatic rings. The monoisotopic (exact) mass is 328 g/mol. The molecular weight excluding hydrogens is 304 g/mol. The van der Waals surface area contributed by atoms with E-state index < -0.39 is 17.6 Å². The van der Waals surface area contributed by atoms with Crippen molar-refractivity contribution in [2.75, 3.05) is 0 Å². The van der Waals surface area contributed by atoms with Crippen LogP contribution in [0.15, 0.2) is 6.08 Å². The molecule has 6 nitrogen and oxygen atoms in total. The minimum atomic E-state index is -1.29. The molecule has 1 atom stereocenters. The minimum absolute atomic E-state index is 0.0849. The smallest absolute Gasteiger partial charge is 0.245 e. The fourth-order valence-corrected chi connectivity index (χ4v) is 3.08. The highest BCUT2D eigenvalue weighted by Crippen LogP contribution is 2.18. The number of carbonyl (C=O) groups is 2. The molecule has 1 N–H and O–H groups in total. The van der Waals surface area contributed by atoms with E-state index in [9.17, 15) is 14.9 Å². The van der Waals surface area contributed by atoms with E-state index >= 15 is 0 Å². The molecule has 1 aliphatic carbocycles. The van der Waals surface area contributed by atoms with Gasteiger partial charge >= 0.3 is 0 Å². The maximum Gasteiger partial charge on any atom is 0.245 e. The first-order valence-electron chi connectivity index (χ1n) is 8.36. The summed E-state index contributed by atoms with van der Waals surface area (Å²) in [5, 5.41) is 16.3. The van der Waals surface area contributed by atoms with E-state index in [1.807, 2.05) is 27.0 Å². The first-order valence-corrected chi connectivity index (χ1v) is 8.36. The molecule has 1 aromatic heterocycles. The van der Waals surface area contributed by atoms with Gasteiger partial charge < -0.3 is 5.32 Å². The Labute approximate surface area is 142 Å². The Morgan fingerprint density at radius 1 is 1.33 bits per heavy atom. The van der Waals surface area contributed by atoms with Crippen molar-refractivity contribution in [3.8, 4) is 6.07 Å². The highest BCUT2D eigenvalue weighted by Gasteiger charge is 2.27. The van der Waals surface area contributed by atoms with Crippen LogP contribution >= 0.6 is 0 Å². The molecule has 0 radical (unpaired) electrons. The molecule has 0 bridgehead atoms. The lowest BCUT2D eigenvalue weighted by atomic mass is 9.94. The highest BCUT2D eigenvalue weighted by atomic mass is 16.2. The van der Waals surface area contributed by atoms with Crippen LogP contribution in [0.3, 0.4) is 0 Å². The summed E-state index contributed by atoms with van der Waals surface area (Å²) >= 11 is 0. The van der Waals surface area contributed by atoms with Gasteiger partial charge in [0, 0.05) is 24.3 Å². The quantitative estimate of drug-likeness (QED) is 0.663. The number of ketones is 1. The molecule has 0 spiro atoms. The van der Waals surface area contributed by atoms with Crippen molar-refractivity contribution in [2.45, 2.75) is 52.0 Å². The lowest BCUT2D eigenvalue weighted by Crippen LogP contribution is -2.41. The van der Waals surface area contributed by atoms with Crippen LogP contribution in [0.1, 0.15) is 49.1 Å². The molecule has 24 heavy (non-hydrogen) atoms. The van der Waals surface area contributed by atoms with E-state index in [4.69, 9.17) is 0 Å². The predicted molar refractivity (Wildman–Crippen MR) is 90.8 cm³/mol. The zero-order valence-corrected chi connectivity index (χ0v) is 14.5. The number of allylic oxidation sites excluding steroid dienone is 1. The maximum atomic E-state index is 12.3. The molecule has 0 aliphatic heterocycles. The zero-order chi connectivity index (χ0) is 17.7. The van der Waals surface area contributed by atoms with Crippen molar-refractivity contribution in [2.24, 2.45) is 13.0 Å². The molecule has 1 unspecified atom stereocenters. The molecule has 1 aliphatic rings. The lowest BCUT2D eigenvalue weighted by Gasteiger charge is -2.23. The number of carbonyl (C=O) groups excluding carboxylic acids is 2. The van der Waals surface area contributed by atoms with E-state index in [1.165, 1.54) is 12.5 Å². The Bertz CT molecular complexity index is 691. The van der Waals surface area contributed by atoms with Crippen LogP contribution in [0.5, 0.6) is 0 Å². The number of nitriles is 1. The largest absolute Gasteiger partial charge is 0.352 e. The van der Waals surface area contributed by atoms with Crippen molar-refractivity contribution >= 4 is 17.8 Å². The molecule has 1 heterocycles. The number of aromatic nitrogens is 2. The first kappa shape index (κ1) is 17.9. The molecular formula is C18H24N4O2. The summed E-state index contributed by atoms with van der Waals surface area (Å²) in [5.74, 6) is -2.27. The van der Waals surface area contributed by atoms with Crippen molar-refractivity contribution in [1.82, 2.24) is 15.1 Å². The van der Waals surface area contributed by atoms with Crippen LogP contribution in [0.25, 0.3) is 6.08 Å². The normalized spacial score (nSPS) is 16.8. The Balaban J connectivity index is 2.04. The summed E-state index contributed by atoms with van der Waals surface area (Å²) in [4.78, 5) is 24.5. The van der Waals surface area contributed by atoms with Crippen molar-refractivity contribution in [1.29, 1.82) is 5.26 Å². The van der Waals surface area contributed by atoms with Crippen LogP contribution in [0.4, 0.5) is 0 Å². The topological polar surface area (TPSA) is 87.8 Å². The molecule has 6 heteroatoms. The third kappa shape index (κ3) is 4.10. The Morgan fingerprint density at radius 2 is 2.00 bits per heavy atom. The molecule has 128 valence electrons. The fraction of sp³-hybridized carbons (Fsp3) is 0.556. The molecule has 0 aromatic carbocycles. The molecule has 1 fully saturated rings. The molecule has 2 rings (SSSR count). The lowest BCUT2D eigenvalue weighted by molar-refractivity contribution is -0.130. The third-order valence-corrected chi connectivity index (χ3v) is 4.61. The second-order valence-electron chi connectivity index (χ2n) is 6.35. The van der Waals surface area contributed by atoms with Gasteiger partial charge in [0.05, 0.1) is 11.8 Å². The van der Waals surface area contributed by atoms with Gasteiger partial charge in [-0.2, -0.15) is 10.4 Å². The number of amides is 1. The maximum absolute atomic E-state index is 12.3. The van der Waals surface area contributed by atoms with Gasteiger partial charge in [-0.3, -0.25) is 14.3 Å². The first-order chi connectivity index (χ1) is 11.4. The number of nitrogens with one attached hydrogen (secondary N) is 1. The van der Waals surface area contributed by atoms with Gasteiger partial charge in [0.2, 0.25) is 5.91 Å². The van der Waals surface area contributed by atoms with Gasteiger partial charge in [-0.15, -0.1) is 0 Å². The van der Waals surface area contributed by atoms with Gasteiger partial charge in [0.1, 0.15) is 0 Å². The standard InChI is InChI=1S/C18H24N4O2/c1-12-15(13(2)22(3)21-12)9-10-17(23)16(11-19)18(24)20-14-7-5-4-6-8-14/h9-10,14,16H,4-8H2,1-3H3,(H,20,24). The van der Waals surface area contributed by atoms with Crippen LogP contribution in [0.2, 0.25) is 0 Å². The summed E-state index contributed by atoms with van der Waals surface area (Å²) < 4.78 is 1.73. The van der Waals surface area contributed by atoms with Gasteiger partial charge in [-0.1, -0.05) is 19.3 Å². The van der Waals surface area contributed by atoms with Gasteiger partial charge in [-0.25, -0.2) is 0 Å². The summed E-state index contributed by atoms with van der Waals surface area (Å²) in [6.45, 7) is 3.76. The number of rotatable bonds is 5. The van der Waals surface area contributed by atoms with E-state index in [0.717, 1.165) is 42.6 Å². The van der Waals surface area contributed by atoms with E-state index in [1.54, 1.807) is 10.8 Å². The summed E-state index contributed by atoms with van der Waals surface area (Å²) in [6, 6.07) is 1.91. The second kappa shape index (κ2) is 7.91. The Hall–Kier alpha value is -2.42. The average Bonchev–Trinajstić information content (AvgIpc) is 2.79. The molecule has 1 saturated carbocycles. The SMILES string of the molecule is Cc1nn(C)c(C)c1C=CC(=O)C(C#N)C(=O)NC1CCCCC1. The highest BCUT2D eigenvalue weighted by molar-refractivity contribution is 6.10. The zero-order valence-electron chi connectivity index (χ0n) is 14.5. The van der Waals surface area contributed by atoms with Crippen molar-refractivity contribution in [3.05, 3.63) is 23.0 Å². The number of hydrogen-bond acceptors (Lipinski definition) is 4. The third-order valence-electron chi connectivity index (χ3n) is 4.61. The van der Waals surface area contributed by atoms with E-state index in [-0.39, 0.29) is 6.04 Å². The fourth-order valence-electron chi connectivity index (χ4n) is 3.08. The van der Waals surface area contributed by atoms with Crippen molar-refractivity contribution < 1.29 is 9.59 Å². The van der Waals surface area contributed by atoms with Gasteiger partial charge in [0.15, 0.2) is 11.7 Å². The summed E-state index contributed by atoms with van der Waals surface area (Å²) in [5.41, 5.74) is 2.58. The van der Waals surface area contributed by atoms with Crippen LogP contribution < -0.4 is 5.32 Å².